The first-order chi connectivity index (χ1) is 9.03. The number of hydrogen-bond acceptors (Lipinski definition) is 4. The molecule has 0 aromatic heterocycles. The molecular formula is C13H21N3O2S. The molecule has 0 saturated heterocycles. The minimum atomic E-state index is -3.44. The molecule has 1 fully saturated rings. The lowest BCUT2D eigenvalue weighted by Crippen LogP contribution is -2.27. The predicted octanol–water partition coefficient (Wildman–Crippen LogP) is 1.14. The molecule has 0 bridgehead atoms. The fraction of sp³-hybridized carbons (Fsp3) is 0.538. The standard InChI is InChI=1S/C13H21N3O2S/c1-2-16-19(17,18)12-6-4-3-5-11(12)15-10-13(9-14)7-8-13/h3-6,15-16H,2,7-10,14H2,1H3. The van der Waals surface area contributed by atoms with Crippen LogP contribution in [0, 0.1) is 5.41 Å². The smallest absolute Gasteiger partial charge is 0.242 e. The number of anilines is 1. The van der Waals surface area contributed by atoms with E-state index in [1.54, 1.807) is 25.1 Å². The van der Waals surface area contributed by atoms with Crippen molar-refractivity contribution in [3.63, 3.8) is 0 Å². The van der Waals surface area contributed by atoms with Gasteiger partial charge in [0, 0.05) is 13.1 Å². The lowest BCUT2D eigenvalue weighted by atomic mass is 10.1. The average molecular weight is 283 g/mol. The van der Waals surface area contributed by atoms with Gasteiger partial charge in [0.15, 0.2) is 0 Å². The van der Waals surface area contributed by atoms with Crippen molar-refractivity contribution in [2.45, 2.75) is 24.7 Å². The zero-order chi connectivity index (χ0) is 13.9. The first-order valence-electron chi connectivity index (χ1n) is 6.56. The molecule has 1 saturated carbocycles. The van der Waals surface area contributed by atoms with Crippen molar-refractivity contribution < 1.29 is 8.42 Å². The molecule has 2 rings (SSSR count). The summed E-state index contributed by atoms with van der Waals surface area (Å²) in [5, 5.41) is 3.23. The number of para-hydroxylation sites is 1. The Labute approximate surface area is 114 Å². The molecule has 1 aromatic carbocycles. The van der Waals surface area contributed by atoms with Crippen LogP contribution < -0.4 is 15.8 Å². The molecule has 0 amide bonds. The largest absolute Gasteiger partial charge is 0.383 e. The maximum atomic E-state index is 12.1. The molecule has 0 aliphatic heterocycles. The fourth-order valence-electron chi connectivity index (χ4n) is 2.03. The summed E-state index contributed by atoms with van der Waals surface area (Å²) in [7, 11) is -3.44. The van der Waals surface area contributed by atoms with Crippen LogP contribution in [-0.2, 0) is 10.0 Å². The summed E-state index contributed by atoms with van der Waals surface area (Å²) >= 11 is 0. The zero-order valence-corrected chi connectivity index (χ0v) is 12.0. The van der Waals surface area contributed by atoms with Crippen LogP contribution in [-0.4, -0.2) is 28.1 Å². The second-order valence-corrected chi connectivity index (χ2v) is 6.79. The van der Waals surface area contributed by atoms with Gasteiger partial charge < -0.3 is 11.1 Å². The molecule has 0 atom stereocenters. The molecule has 19 heavy (non-hydrogen) atoms. The molecule has 0 spiro atoms. The number of nitrogens with one attached hydrogen (secondary N) is 2. The topological polar surface area (TPSA) is 84.2 Å². The van der Waals surface area contributed by atoms with Crippen LogP contribution in [0.25, 0.3) is 0 Å². The maximum Gasteiger partial charge on any atom is 0.242 e. The van der Waals surface area contributed by atoms with Gasteiger partial charge in [0.25, 0.3) is 0 Å². The zero-order valence-electron chi connectivity index (χ0n) is 11.1. The quantitative estimate of drug-likeness (QED) is 0.700. The molecule has 5 nitrogen and oxygen atoms in total. The van der Waals surface area contributed by atoms with E-state index in [2.05, 4.69) is 10.0 Å². The summed E-state index contributed by atoms with van der Waals surface area (Å²) < 4.78 is 26.7. The number of rotatable bonds is 7. The molecule has 0 radical (unpaired) electrons. The van der Waals surface area contributed by atoms with Gasteiger partial charge in [0.2, 0.25) is 10.0 Å². The predicted molar refractivity (Wildman–Crippen MR) is 76.5 cm³/mol. The molecule has 1 aliphatic carbocycles. The number of sulfonamides is 1. The van der Waals surface area contributed by atoms with E-state index in [-0.39, 0.29) is 5.41 Å². The second-order valence-electron chi connectivity index (χ2n) is 5.06. The minimum Gasteiger partial charge on any atom is -0.383 e. The summed E-state index contributed by atoms with van der Waals surface area (Å²) in [6.07, 6.45) is 2.22. The van der Waals surface area contributed by atoms with Crippen LogP contribution in [0.4, 0.5) is 5.69 Å². The van der Waals surface area contributed by atoms with Gasteiger partial charge in [0.1, 0.15) is 4.90 Å². The number of hydrogen-bond donors (Lipinski definition) is 3. The molecule has 4 N–H and O–H groups in total. The summed E-state index contributed by atoms with van der Waals surface area (Å²) in [5.41, 5.74) is 6.54. The molecule has 1 aromatic rings. The number of benzene rings is 1. The number of nitrogens with two attached hydrogens (primary N) is 1. The van der Waals surface area contributed by atoms with E-state index in [4.69, 9.17) is 5.73 Å². The van der Waals surface area contributed by atoms with Gasteiger partial charge in [-0.15, -0.1) is 0 Å². The third-order valence-electron chi connectivity index (χ3n) is 3.55. The minimum absolute atomic E-state index is 0.162. The van der Waals surface area contributed by atoms with Crippen LogP contribution >= 0.6 is 0 Å². The lowest BCUT2D eigenvalue weighted by molar-refractivity contribution is 0.554. The van der Waals surface area contributed by atoms with Gasteiger partial charge in [-0.05, 0) is 36.9 Å². The van der Waals surface area contributed by atoms with Crippen molar-refractivity contribution in [3.8, 4) is 0 Å². The SMILES string of the molecule is CCNS(=O)(=O)c1ccccc1NCC1(CN)CC1. The molecule has 6 heteroatoms. The van der Waals surface area contributed by atoms with E-state index in [1.165, 1.54) is 0 Å². The Morgan fingerprint density at radius 2 is 2.00 bits per heavy atom. The van der Waals surface area contributed by atoms with Gasteiger partial charge >= 0.3 is 0 Å². The van der Waals surface area contributed by atoms with Gasteiger partial charge in [-0.2, -0.15) is 0 Å². The van der Waals surface area contributed by atoms with Crippen LogP contribution in [0.3, 0.4) is 0 Å². The van der Waals surface area contributed by atoms with Crippen molar-refractivity contribution >= 4 is 15.7 Å². The van der Waals surface area contributed by atoms with Crippen LogP contribution in [0.1, 0.15) is 19.8 Å². The van der Waals surface area contributed by atoms with E-state index in [9.17, 15) is 8.42 Å². The third-order valence-corrected chi connectivity index (χ3v) is 5.16. The van der Waals surface area contributed by atoms with E-state index in [0.717, 1.165) is 19.4 Å². The maximum absolute atomic E-state index is 12.1. The summed E-state index contributed by atoms with van der Waals surface area (Å²) in [6, 6.07) is 6.96. The molecule has 0 unspecified atom stereocenters. The molecular weight excluding hydrogens is 262 g/mol. The molecule has 0 heterocycles. The van der Waals surface area contributed by atoms with Gasteiger partial charge in [0.05, 0.1) is 5.69 Å². The Morgan fingerprint density at radius 3 is 2.58 bits per heavy atom. The van der Waals surface area contributed by atoms with Gasteiger partial charge in [-0.1, -0.05) is 19.1 Å². The van der Waals surface area contributed by atoms with E-state index < -0.39 is 10.0 Å². The highest BCUT2D eigenvalue weighted by molar-refractivity contribution is 7.89. The van der Waals surface area contributed by atoms with Crippen molar-refractivity contribution in [2.75, 3.05) is 25.0 Å². The summed E-state index contributed by atoms with van der Waals surface area (Å²) in [6.45, 7) is 3.51. The van der Waals surface area contributed by atoms with Crippen molar-refractivity contribution in [1.29, 1.82) is 0 Å². The average Bonchev–Trinajstić information content (AvgIpc) is 3.17. The van der Waals surface area contributed by atoms with E-state index in [0.29, 0.717) is 23.7 Å². The Morgan fingerprint density at radius 1 is 1.32 bits per heavy atom. The van der Waals surface area contributed by atoms with Crippen LogP contribution in [0.15, 0.2) is 29.2 Å². The highest BCUT2D eigenvalue weighted by Crippen LogP contribution is 2.44. The molecule has 1 aliphatic rings. The van der Waals surface area contributed by atoms with Crippen molar-refractivity contribution in [3.05, 3.63) is 24.3 Å². The first-order valence-corrected chi connectivity index (χ1v) is 8.04. The van der Waals surface area contributed by atoms with Crippen LogP contribution in [0.2, 0.25) is 0 Å². The lowest BCUT2D eigenvalue weighted by Gasteiger charge is -2.17. The molecule has 106 valence electrons. The highest BCUT2D eigenvalue weighted by Gasteiger charge is 2.41. The van der Waals surface area contributed by atoms with E-state index >= 15 is 0 Å². The van der Waals surface area contributed by atoms with Gasteiger partial charge in [-0.3, -0.25) is 0 Å². The van der Waals surface area contributed by atoms with Crippen LogP contribution in [0.5, 0.6) is 0 Å². The van der Waals surface area contributed by atoms with Gasteiger partial charge in [-0.25, -0.2) is 13.1 Å². The third kappa shape index (κ3) is 3.26. The fourth-order valence-corrected chi connectivity index (χ4v) is 3.25. The summed E-state index contributed by atoms with van der Waals surface area (Å²) in [5.74, 6) is 0. The van der Waals surface area contributed by atoms with Crippen molar-refractivity contribution in [2.24, 2.45) is 11.1 Å². The van der Waals surface area contributed by atoms with Crippen molar-refractivity contribution in [1.82, 2.24) is 4.72 Å². The van der Waals surface area contributed by atoms with E-state index in [1.807, 2.05) is 6.07 Å². The normalized spacial score (nSPS) is 17.2. The Kier molecular flexibility index (Phi) is 4.13. The highest BCUT2D eigenvalue weighted by atomic mass is 32.2. The summed E-state index contributed by atoms with van der Waals surface area (Å²) in [4.78, 5) is 0.296. The Balaban J connectivity index is 2.17. The Hall–Kier alpha value is -1.11. The second kappa shape index (κ2) is 5.48. The Bertz CT molecular complexity index is 539. The first kappa shape index (κ1) is 14.3. The monoisotopic (exact) mass is 283 g/mol.